The zero-order valence-electron chi connectivity index (χ0n) is 11.2. The Labute approximate surface area is 104 Å². The fraction of sp³-hybridized carbons (Fsp3) is 0.692. The van der Waals surface area contributed by atoms with Gasteiger partial charge in [0.05, 0.1) is 6.61 Å². The number of hydrogen-bond donors (Lipinski definition) is 1. The molecule has 1 N–H and O–H groups in total. The Kier molecular flexibility index (Phi) is 5.73. The summed E-state index contributed by atoms with van der Waals surface area (Å²) in [7, 11) is 0. The molecule has 0 aliphatic heterocycles. The second-order valence-electron chi connectivity index (χ2n) is 4.45. The number of ether oxygens (including phenoxy) is 1. The van der Waals surface area contributed by atoms with Crippen molar-refractivity contribution in [3.63, 3.8) is 0 Å². The predicted octanol–water partition coefficient (Wildman–Crippen LogP) is 3.11. The van der Waals surface area contributed by atoms with Gasteiger partial charge in [0.15, 0.2) is 0 Å². The molecule has 0 bridgehead atoms. The van der Waals surface area contributed by atoms with E-state index >= 15 is 0 Å². The Morgan fingerprint density at radius 3 is 2.76 bits per heavy atom. The Morgan fingerprint density at radius 1 is 1.35 bits per heavy atom. The van der Waals surface area contributed by atoms with Gasteiger partial charge in [-0.2, -0.15) is 4.98 Å². The van der Waals surface area contributed by atoms with Crippen molar-refractivity contribution in [1.29, 1.82) is 0 Å². The molecule has 0 radical (unpaired) electrons. The van der Waals surface area contributed by atoms with Crippen LogP contribution in [0.25, 0.3) is 0 Å². The van der Waals surface area contributed by atoms with Crippen LogP contribution < -0.4 is 10.1 Å². The molecule has 1 aromatic rings. The number of nitrogens with one attached hydrogen (secondary N) is 1. The van der Waals surface area contributed by atoms with Crippen LogP contribution >= 0.6 is 0 Å². The minimum Gasteiger partial charge on any atom is -0.478 e. The second-order valence-corrected chi connectivity index (χ2v) is 4.45. The average molecular weight is 237 g/mol. The van der Waals surface area contributed by atoms with E-state index in [1.54, 1.807) is 12.3 Å². The number of hydrogen-bond acceptors (Lipinski definition) is 4. The summed E-state index contributed by atoms with van der Waals surface area (Å²) >= 11 is 0. The highest BCUT2D eigenvalue weighted by atomic mass is 16.5. The van der Waals surface area contributed by atoms with Crippen molar-refractivity contribution in [1.82, 2.24) is 9.97 Å². The largest absolute Gasteiger partial charge is 0.478 e. The number of nitrogens with zero attached hydrogens (tertiary/aromatic N) is 2. The van der Waals surface area contributed by atoms with Crippen LogP contribution in [0.2, 0.25) is 0 Å². The normalized spacial score (nSPS) is 14.1. The molecule has 2 atom stereocenters. The molecule has 1 aromatic heterocycles. The maximum Gasteiger partial charge on any atom is 0.226 e. The van der Waals surface area contributed by atoms with Crippen LogP contribution in [-0.4, -0.2) is 22.6 Å². The van der Waals surface area contributed by atoms with Gasteiger partial charge >= 0.3 is 0 Å². The highest BCUT2D eigenvalue weighted by Gasteiger charge is 2.08. The first-order valence-electron chi connectivity index (χ1n) is 6.38. The minimum atomic E-state index is 0.377. The van der Waals surface area contributed by atoms with Crippen molar-refractivity contribution in [3.05, 3.63) is 12.3 Å². The van der Waals surface area contributed by atoms with Crippen LogP contribution in [0, 0.1) is 5.92 Å². The molecule has 4 heteroatoms. The summed E-state index contributed by atoms with van der Waals surface area (Å²) in [6, 6.07) is 2.15. The molecule has 0 fully saturated rings. The summed E-state index contributed by atoms with van der Waals surface area (Å²) in [4.78, 5) is 8.48. The van der Waals surface area contributed by atoms with Crippen molar-refractivity contribution < 1.29 is 4.74 Å². The Balaban J connectivity index is 2.52. The molecule has 0 aromatic carbocycles. The molecule has 0 spiro atoms. The van der Waals surface area contributed by atoms with Crippen LogP contribution in [0.4, 0.5) is 5.95 Å². The summed E-state index contributed by atoms with van der Waals surface area (Å²) in [5.41, 5.74) is 0. The monoisotopic (exact) mass is 237 g/mol. The summed E-state index contributed by atoms with van der Waals surface area (Å²) in [5.74, 6) is 1.99. The van der Waals surface area contributed by atoms with Gasteiger partial charge in [-0.3, -0.25) is 0 Å². The molecule has 0 saturated carbocycles. The van der Waals surface area contributed by atoms with E-state index in [0.717, 1.165) is 6.42 Å². The molecule has 1 rings (SSSR count). The van der Waals surface area contributed by atoms with E-state index in [-0.39, 0.29) is 0 Å². The number of rotatable bonds is 7. The predicted molar refractivity (Wildman–Crippen MR) is 70.4 cm³/mol. The van der Waals surface area contributed by atoms with Crippen molar-refractivity contribution in [2.24, 2.45) is 5.92 Å². The first-order valence-corrected chi connectivity index (χ1v) is 6.38. The summed E-state index contributed by atoms with van der Waals surface area (Å²) < 4.78 is 5.34. The first-order chi connectivity index (χ1) is 8.15. The van der Waals surface area contributed by atoms with Crippen molar-refractivity contribution in [3.8, 4) is 5.88 Å². The quantitative estimate of drug-likeness (QED) is 0.791. The lowest BCUT2D eigenvalue weighted by Crippen LogP contribution is -2.19. The maximum absolute atomic E-state index is 5.34. The van der Waals surface area contributed by atoms with E-state index in [9.17, 15) is 0 Å². The second kappa shape index (κ2) is 7.09. The van der Waals surface area contributed by atoms with Gasteiger partial charge in [0.2, 0.25) is 11.8 Å². The topological polar surface area (TPSA) is 47.0 Å². The lowest BCUT2D eigenvalue weighted by Gasteiger charge is -2.17. The average Bonchev–Trinajstić information content (AvgIpc) is 2.29. The van der Waals surface area contributed by atoms with Crippen molar-refractivity contribution in [2.75, 3.05) is 11.9 Å². The first kappa shape index (κ1) is 13.7. The zero-order valence-corrected chi connectivity index (χ0v) is 11.2. The smallest absolute Gasteiger partial charge is 0.226 e. The summed E-state index contributed by atoms with van der Waals surface area (Å²) in [6.45, 7) is 9.20. The Hall–Kier alpha value is -1.32. The molecule has 17 heavy (non-hydrogen) atoms. The van der Waals surface area contributed by atoms with Crippen LogP contribution in [0.3, 0.4) is 0 Å². The SMILES string of the molecule is CCOc1ccnc(NC(C)CC(C)CC)n1. The van der Waals surface area contributed by atoms with Crippen molar-refractivity contribution in [2.45, 2.75) is 46.6 Å². The molecule has 0 aliphatic rings. The third kappa shape index (κ3) is 5.02. The highest BCUT2D eigenvalue weighted by molar-refractivity contribution is 5.28. The van der Waals surface area contributed by atoms with E-state index < -0.39 is 0 Å². The summed E-state index contributed by atoms with van der Waals surface area (Å²) in [6.07, 6.45) is 4.04. The minimum absolute atomic E-state index is 0.377. The van der Waals surface area contributed by atoms with Gasteiger partial charge in [-0.1, -0.05) is 20.3 Å². The molecular weight excluding hydrogens is 214 g/mol. The zero-order chi connectivity index (χ0) is 12.7. The van der Waals surface area contributed by atoms with Gasteiger partial charge in [0.1, 0.15) is 0 Å². The van der Waals surface area contributed by atoms with E-state index in [1.165, 1.54) is 6.42 Å². The standard InChI is InChI=1S/C13H23N3O/c1-5-10(3)9-11(4)15-13-14-8-7-12(16-13)17-6-2/h7-8,10-11H,5-6,9H2,1-4H3,(H,14,15,16). The molecule has 2 unspecified atom stereocenters. The Morgan fingerprint density at radius 2 is 2.12 bits per heavy atom. The van der Waals surface area contributed by atoms with E-state index in [2.05, 4.69) is 36.1 Å². The van der Waals surface area contributed by atoms with E-state index in [4.69, 9.17) is 4.74 Å². The number of anilines is 1. The van der Waals surface area contributed by atoms with Gasteiger partial charge in [-0.15, -0.1) is 0 Å². The Bertz CT molecular complexity index is 330. The molecule has 96 valence electrons. The van der Waals surface area contributed by atoms with E-state index in [0.29, 0.717) is 30.4 Å². The molecular formula is C13H23N3O. The molecule has 1 heterocycles. The van der Waals surface area contributed by atoms with E-state index in [1.807, 2.05) is 6.92 Å². The van der Waals surface area contributed by atoms with Gasteiger partial charge in [0, 0.05) is 18.3 Å². The lowest BCUT2D eigenvalue weighted by molar-refractivity contribution is 0.326. The fourth-order valence-electron chi connectivity index (χ4n) is 1.69. The third-order valence-electron chi connectivity index (χ3n) is 2.75. The molecule has 4 nitrogen and oxygen atoms in total. The van der Waals surface area contributed by atoms with Gasteiger partial charge in [0.25, 0.3) is 0 Å². The van der Waals surface area contributed by atoms with Crippen LogP contribution in [0.1, 0.15) is 40.5 Å². The van der Waals surface area contributed by atoms with Crippen LogP contribution in [-0.2, 0) is 0 Å². The lowest BCUT2D eigenvalue weighted by atomic mass is 10.0. The van der Waals surface area contributed by atoms with Crippen LogP contribution in [0.5, 0.6) is 5.88 Å². The maximum atomic E-state index is 5.34. The van der Waals surface area contributed by atoms with Gasteiger partial charge in [-0.05, 0) is 26.2 Å². The molecule has 0 saturated heterocycles. The molecule has 0 aliphatic carbocycles. The van der Waals surface area contributed by atoms with Crippen LogP contribution in [0.15, 0.2) is 12.3 Å². The van der Waals surface area contributed by atoms with Gasteiger partial charge < -0.3 is 10.1 Å². The third-order valence-corrected chi connectivity index (χ3v) is 2.75. The fourth-order valence-corrected chi connectivity index (χ4v) is 1.69. The summed E-state index contributed by atoms with van der Waals surface area (Å²) in [5, 5.41) is 3.30. The van der Waals surface area contributed by atoms with Gasteiger partial charge in [-0.25, -0.2) is 4.98 Å². The molecule has 0 amide bonds. The number of aromatic nitrogens is 2. The highest BCUT2D eigenvalue weighted by Crippen LogP contribution is 2.14. The van der Waals surface area contributed by atoms with Crippen molar-refractivity contribution >= 4 is 5.95 Å².